The van der Waals surface area contributed by atoms with Crippen molar-refractivity contribution >= 4 is 55.9 Å². The van der Waals surface area contributed by atoms with E-state index in [2.05, 4.69) is 12.7 Å². The number of benzene rings is 2. The number of anilines is 1. The SMILES string of the molecule is C=CCON(C(=O)Cl)c1cccc(COC(=O)N2CCC=C(c3nc4ccccc4s3)C2)c1. The Kier molecular flexibility index (Phi) is 7.39. The van der Waals surface area contributed by atoms with Crippen LogP contribution in [0.4, 0.5) is 15.3 Å². The molecule has 0 spiro atoms. The van der Waals surface area contributed by atoms with Gasteiger partial charge in [0.05, 0.1) is 29.1 Å². The van der Waals surface area contributed by atoms with Crippen molar-refractivity contribution in [3.8, 4) is 0 Å². The molecule has 0 saturated heterocycles. The summed E-state index contributed by atoms with van der Waals surface area (Å²) < 4.78 is 6.66. The molecule has 0 radical (unpaired) electrons. The second kappa shape index (κ2) is 10.6. The minimum atomic E-state index is -0.784. The van der Waals surface area contributed by atoms with Gasteiger partial charge in [0.25, 0.3) is 0 Å². The first-order chi connectivity index (χ1) is 16.0. The summed E-state index contributed by atoms with van der Waals surface area (Å²) in [5.41, 5.74) is 3.12. The van der Waals surface area contributed by atoms with E-state index in [9.17, 15) is 9.59 Å². The maximum Gasteiger partial charge on any atom is 0.410 e. The first-order valence-electron chi connectivity index (χ1n) is 10.3. The van der Waals surface area contributed by atoms with Gasteiger partial charge in [0.1, 0.15) is 11.6 Å². The number of carbonyl (C=O) groups is 2. The van der Waals surface area contributed by atoms with E-state index in [0.29, 0.717) is 24.3 Å². The molecular weight excluding hydrogens is 462 g/mol. The van der Waals surface area contributed by atoms with E-state index >= 15 is 0 Å². The minimum absolute atomic E-state index is 0.0507. The molecule has 0 bridgehead atoms. The van der Waals surface area contributed by atoms with Gasteiger partial charge in [0, 0.05) is 12.1 Å². The van der Waals surface area contributed by atoms with Gasteiger partial charge in [-0.3, -0.25) is 9.63 Å². The molecule has 4 rings (SSSR count). The number of carbonyl (C=O) groups excluding carboxylic acids is 2. The molecule has 1 aliphatic heterocycles. The molecule has 1 aromatic heterocycles. The molecule has 0 atom stereocenters. The molecule has 3 aromatic rings. The fourth-order valence-electron chi connectivity index (χ4n) is 3.43. The zero-order valence-corrected chi connectivity index (χ0v) is 19.3. The number of halogens is 1. The number of fused-ring (bicyclic) bond motifs is 1. The van der Waals surface area contributed by atoms with Crippen LogP contribution >= 0.6 is 22.9 Å². The molecule has 1 aliphatic rings. The van der Waals surface area contributed by atoms with E-state index < -0.39 is 11.5 Å². The second-order valence-electron chi connectivity index (χ2n) is 7.28. The van der Waals surface area contributed by atoms with Crippen molar-refractivity contribution in [3.05, 3.63) is 77.8 Å². The largest absolute Gasteiger partial charge is 0.445 e. The van der Waals surface area contributed by atoms with E-state index in [1.165, 1.54) is 6.08 Å². The van der Waals surface area contributed by atoms with Crippen LogP contribution in [0, 0.1) is 0 Å². The summed E-state index contributed by atoms with van der Waals surface area (Å²) in [6.07, 6.45) is 3.98. The Bertz CT molecular complexity index is 1180. The number of hydrogen-bond acceptors (Lipinski definition) is 6. The fourth-order valence-corrected chi connectivity index (χ4v) is 4.57. The summed E-state index contributed by atoms with van der Waals surface area (Å²) >= 11 is 7.23. The molecule has 0 N–H and O–H groups in total. The van der Waals surface area contributed by atoms with E-state index in [1.54, 1.807) is 40.5 Å². The van der Waals surface area contributed by atoms with Crippen molar-refractivity contribution in [1.82, 2.24) is 9.88 Å². The minimum Gasteiger partial charge on any atom is -0.445 e. The average Bonchev–Trinajstić information content (AvgIpc) is 3.27. The first kappa shape index (κ1) is 23.0. The molecule has 0 fully saturated rings. The van der Waals surface area contributed by atoms with Gasteiger partial charge in [-0.25, -0.2) is 9.78 Å². The van der Waals surface area contributed by atoms with Crippen LogP contribution in [0.2, 0.25) is 0 Å². The number of nitrogens with zero attached hydrogens (tertiary/aromatic N) is 3. The number of hydrogen-bond donors (Lipinski definition) is 0. The Hall–Kier alpha value is -3.20. The lowest BCUT2D eigenvalue weighted by atomic mass is 10.1. The summed E-state index contributed by atoms with van der Waals surface area (Å²) in [7, 11) is 0. The quantitative estimate of drug-likeness (QED) is 0.178. The van der Waals surface area contributed by atoms with E-state index in [4.69, 9.17) is 26.2 Å². The fraction of sp³-hybridized carbons (Fsp3) is 0.208. The second-order valence-corrected chi connectivity index (χ2v) is 8.64. The summed E-state index contributed by atoms with van der Waals surface area (Å²) in [5, 5.41) is 1.11. The van der Waals surface area contributed by atoms with Crippen LogP contribution in [0.5, 0.6) is 0 Å². The number of ether oxygens (including phenoxy) is 1. The van der Waals surface area contributed by atoms with Crippen LogP contribution in [-0.2, 0) is 16.2 Å². The van der Waals surface area contributed by atoms with Crippen LogP contribution in [-0.4, -0.2) is 41.0 Å². The summed E-state index contributed by atoms with van der Waals surface area (Å²) in [4.78, 5) is 36.1. The number of thiazole rings is 1. The number of para-hydroxylation sites is 1. The van der Waals surface area contributed by atoms with Crippen molar-refractivity contribution in [1.29, 1.82) is 0 Å². The van der Waals surface area contributed by atoms with Gasteiger partial charge in [-0.15, -0.1) is 17.9 Å². The maximum absolute atomic E-state index is 12.7. The molecule has 2 heterocycles. The topological polar surface area (TPSA) is 72.0 Å². The molecule has 2 amide bonds. The molecule has 7 nitrogen and oxygen atoms in total. The van der Waals surface area contributed by atoms with E-state index in [-0.39, 0.29) is 13.2 Å². The zero-order chi connectivity index (χ0) is 23.2. The number of rotatable bonds is 7. The maximum atomic E-state index is 12.7. The van der Waals surface area contributed by atoms with Gasteiger partial charge >= 0.3 is 11.5 Å². The number of hydroxylamine groups is 1. The molecule has 0 saturated carbocycles. The monoisotopic (exact) mass is 483 g/mol. The molecule has 9 heteroatoms. The Morgan fingerprint density at radius 1 is 1.24 bits per heavy atom. The van der Waals surface area contributed by atoms with E-state index in [0.717, 1.165) is 32.3 Å². The molecular formula is C24H22ClN3O4S. The highest BCUT2D eigenvalue weighted by Crippen LogP contribution is 2.29. The Labute approximate surface area is 200 Å². The summed E-state index contributed by atoms with van der Waals surface area (Å²) in [6, 6.07) is 14.9. The van der Waals surface area contributed by atoms with Crippen molar-refractivity contribution in [2.75, 3.05) is 24.8 Å². The van der Waals surface area contributed by atoms with Crippen molar-refractivity contribution in [3.63, 3.8) is 0 Å². The summed E-state index contributed by atoms with van der Waals surface area (Å²) in [6.45, 7) is 4.76. The third kappa shape index (κ3) is 5.60. The zero-order valence-electron chi connectivity index (χ0n) is 17.8. The lowest BCUT2D eigenvalue weighted by Gasteiger charge is -2.26. The molecule has 0 aliphatic carbocycles. The van der Waals surface area contributed by atoms with Crippen LogP contribution < -0.4 is 5.06 Å². The Balaban J connectivity index is 1.38. The average molecular weight is 484 g/mol. The highest BCUT2D eigenvalue weighted by Gasteiger charge is 2.22. The van der Waals surface area contributed by atoms with Gasteiger partial charge in [0.2, 0.25) is 0 Å². The summed E-state index contributed by atoms with van der Waals surface area (Å²) in [5.74, 6) is 0. The first-order valence-corrected chi connectivity index (χ1v) is 11.5. The smallest absolute Gasteiger partial charge is 0.410 e. The third-order valence-corrected chi connectivity index (χ3v) is 6.23. The lowest BCUT2D eigenvalue weighted by Crippen LogP contribution is -2.35. The van der Waals surface area contributed by atoms with Crippen LogP contribution in [0.15, 0.2) is 67.3 Å². The van der Waals surface area contributed by atoms with Gasteiger partial charge in [0.15, 0.2) is 0 Å². The van der Waals surface area contributed by atoms with Gasteiger partial charge in [-0.2, -0.15) is 5.06 Å². The van der Waals surface area contributed by atoms with Crippen LogP contribution in [0.1, 0.15) is 17.0 Å². The van der Waals surface area contributed by atoms with Gasteiger partial charge in [-0.1, -0.05) is 36.4 Å². The molecule has 170 valence electrons. The number of aromatic nitrogens is 1. The van der Waals surface area contributed by atoms with E-state index in [1.807, 2.05) is 24.3 Å². The van der Waals surface area contributed by atoms with Gasteiger partial charge in [-0.05, 0) is 47.9 Å². The predicted molar refractivity (Wildman–Crippen MR) is 130 cm³/mol. The third-order valence-electron chi connectivity index (χ3n) is 4.97. The highest BCUT2D eigenvalue weighted by molar-refractivity contribution is 7.19. The van der Waals surface area contributed by atoms with Crippen molar-refractivity contribution in [2.45, 2.75) is 13.0 Å². The lowest BCUT2D eigenvalue weighted by molar-refractivity contribution is 0.100. The molecule has 33 heavy (non-hydrogen) atoms. The van der Waals surface area contributed by atoms with Crippen molar-refractivity contribution in [2.24, 2.45) is 0 Å². The molecule has 2 aromatic carbocycles. The predicted octanol–water partition coefficient (Wildman–Crippen LogP) is 6.01. The van der Waals surface area contributed by atoms with Crippen LogP contribution in [0.25, 0.3) is 15.8 Å². The van der Waals surface area contributed by atoms with Gasteiger partial charge < -0.3 is 9.64 Å². The normalized spacial score (nSPS) is 13.5. The standard InChI is InChI=1S/C24H22ClN3O4S/c1-2-13-32-28(23(25)29)19-9-5-7-17(14-19)16-31-24(30)27-12-6-8-18(15-27)22-26-20-10-3-4-11-21(20)33-22/h2-5,7-11,14H,1,6,12-13,15-16H2. The molecule has 0 unspecified atom stereocenters. The Morgan fingerprint density at radius 3 is 2.88 bits per heavy atom. The van der Waals surface area contributed by atoms with Crippen molar-refractivity contribution < 1.29 is 19.2 Å². The highest BCUT2D eigenvalue weighted by atomic mass is 35.5. The Morgan fingerprint density at radius 2 is 2.09 bits per heavy atom. The van der Waals surface area contributed by atoms with Crippen LogP contribution in [0.3, 0.4) is 0 Å². The number of amides is 2.